The van der Waals surface area contributed by atoms with Crippen LogP contribution in [0, 0.1) is 50.2 Å². The van der Waals surface area contributed by atoms with Crippen molar-refractivity contribution in [1.82, 2.24) is 0 Å². The van der Waals surface area contributed by atoms with Crippen LogP contribution in [0.2, 0.25) is 0 Å². The van der Waals surface area contributed by atoms with Crippen molar-refractivity contribution in [2.24, 2.45) is 50.2 Å². The SMILES string of the molecule is COc1ccc(C=CC(=O)OCC2OC(OC3C(CO)OC(OC4COC(OC5C(O)C(C)OC(OC6C(OC7CCC8(C)C(CCC9(C)C8CC=C8C%10CC(C)(C)CCC%10(C(=O)OC%10OC(COC%11OC(CO)C(OC%12OC(C)C(O)C(O)C%12O)C(O)C%11O)C(O)C(O)C%10O)CCC89C)C7(C)CO)OCC(O)C6O)C5O)C(O)C4O)C(O)C3O)C(O)C(O)C2O)cc1O. The van der Waals surface area contributed by atoms with Gasteiger partial charge in [0.1, 0.15) is 178 Å². The standard InChI is InChI=1S/C86H132O43/c1-33-50(93)56(99)62(105)74(117-33)125-68-41(26-87)119-72(65(108)59(68)102)115-30-44-54(97)58(101)64(107)77(123-44)129-80(111)86-22-20-81(3,4)25-37(86)36-12-14-47-82(5)18-17-48(83(6,32-89)46(82)16-19-85(47,8)84(36,7)21-23-86)124-79-71(52(95)39(91)28-114-79)128-78-67(110)70(51(94)34(2)118-78)127-73-61(104)55(98)45(31-116-73)121-75-66(109)60(103)69(42(27-88)120-75)126-76-63(106)57(100)53(96)43(122-76)29-113-49(92)15-11-35-10-13-40(112-9)38(90)24-35/h10-13,15,24,33-34,37,39,41-48,50-79,87-91,93-110H,14,16-23,25-32H2,1-9H3. The monoisotopic (exact) mass is 1850 g/mol. The highest BCUT2D eigenvalue weighted by Crippen LogP contribution is 2.76. The smallest absolute Gasteiger partial charge is 0.330 e. The van der Waals surface area contributed by atoms with E-state index in [-0.39, 0.29) is 41.3 Å². The molecular formula is C86H132O43. The maximum atomic E-state index is 15.4. The van der Waals surface area contributed by atoms with Crippen molar-refractivity contribution in [3.05, 3.63) is 41.5 Å². The van der Waals surface area contributed by atoms with Gasteiger partial charge in [-0.3, -0.25) is 4.79 Å². The third kappa shape index (κ3) is 18.9. The Morgan fingerprint density at radius 3 is 1.65 bits per heavy atom. The van der Waals surface area contributed by atoms with Gasteiger partial charge in [0, 0.05) is 11.5 Å². The van der Waals surface area contributed by atoms with E-state index in [0.717, 1.165) is 11.6 Å². The zero-order valence-electron chi connectivity index (χ0n) is 73.2. The quantitative estimate of drug-likeness (QED) is 0.0187. The maximum absolute atomic E-state index is 15.4. The lowest BCUT2D eigenvalue weighted by molar-refractivity contribution is -0.386. The zero-order chi connectivity index (χ0) is 93.7. The van der Waals surface area contributed by atoms with Crippen molar-refractivity contribution in [3.63, 3.8) is 0 Å². The highest BCUT2D eigenvalue weighted by molar-refractivity contribution is 5.87. The Morgan fingerprint density at radius 1 is 0.481 bits per heavy atom. The van der Waals surface area contributed by atoms with Crippen molar-refractivity contribution in [2.45, 2.75) is 359 Å². The summed E-state index contributed by atoms with van der Waals surface area (Å²) in [6.07, 6.45) is -57.8. The summed E-state index contributed by atoms with van der Waals surface area (Å²) in [5.41, 5.74) is -2.31. The highest BCUT2D eigenvalue weighted by Gasteiger charge is 2.72. The third-order valence-corrected chi connectivity index (χ3v) is 31.0. The van der Waals surface area contributed by atoms with Crippen molar-refractivity contribution >= 4 is 18.0 Å². The van der Waals surface area contributed by atoms with Crippen molar-refractivity contribution in [1.29, 1.82) is 0 Å². The van der Waals surface area contributed by atoms with E-state index < -0.39 is 318 Å². The Hall–Kier alpha value is -4.24. The number of fused-ring (bicyclic) bond motifs is 7. The van der Waals surface area contributed by atoms with E-state index in [9.17, 15) is 122 Å². The Labute approximate surface area is 743 Å². The summed E-state index contributed by atoms with van der Waals surface area (Å²) in [7, 11) is 1.36. The van der Waals surface area contributed by atoms with Gasteiger partial charge in [-0.2, -0.15) is 0 Å². The molecule has 734 valence electrons. The number of aliphatic hydroxyl groups is 22. The molecule has 4 saturated carbocycles. The van der Waals surface area contributed by atoms with Crippen LogP contribution < -0.4 is 4.74 Å². The molecule has 1 aromatic rings. The fourth-order valence-electron chi connectivity index (χ4n) is 22.8. The number of ether oxygens (including phenoxy) is 18. The lowest BCUT2D eigenvalue weighted by atomic mass is 9.33. The van der Waals surface area contributed by atoms with Gasteiger partial charge >= 0.3 is 11.9 Å². The summed E-state index contributed by atoms with van der Waals surface area (Å²) < 4.78 is 106. The molecule has 47 atom stereocenters. The summed E-state index contributed by atoms with van der Waals surface area (Å²) in [6, 6.07) is 4.31. The molecule has 0 spiro atoms. The predicted molar refractivity (Wildman–Crippen MR) is 427 cm³/mol. The lowest BCUT2D eigenvalue weighted by Gasteiger charge is -2.71. The number of aliphatic hydroxyl groups excluding tert-OH is 22. The first-order chi connectivity index (χ1) is 60.8. The molecule has 23 N–H and O–H groups in total. The van der Waals surface area contributed by atoms with Crippen LogP contribution in [0.15, 0.2) is 35.9 Å². The average molecular weight is 1850 g/mol. The van der Waals surface area contributed by atoms with Gasteiger partial charge in [-0.1, -0.05) is 59.3 Å². The predicted octanol–water partition coefficient (Wildman–Crippen LogP) is -6.45. The Morgan fingerprint density at radius 2 is 1.02 bits per heavy atom. The van der Waals surface area contributed by atoms with Crippen LogP contribution >= 0.6 is 0 Å². The Bertz CT molecular complexity index is 4000. The molecule has 0 radical (unpaired) electrons. The minimum Gasteiger partial charge on any atom is -0.504 e. The number of allylic oxidation sites excluding steroid dienone is 2. The van der Waals surface area contributed by atoms with Gasteiger partial charge in [0.05, 0.1) is 70.5 Å². The van der Waals surface area contributed by atoms with Crippen molar-refractivity contribution in [3.8, 4) is 11.5 Å². The number of benzene rings is 1. The van der Waals surface area contributed by atoms with Gasteiger partial charge in [-0.05, 0) is 141 Å². The molecule has 8 aliphatic heterocycles. The fraction of sp³-hybridized carbons (Fsp3) is 0.860. The van der Waals surface area contributed by atoms with E-state index in [0.29, 0.717) is 69.8 Å². The zero-order valence-corrected chi connectivity index (χ0v) is 73.2. The molecule has 0 aromatic heterocycles. The molecule has 0 amide bonds. The minimum absolute atomic E-state index is 0.00105. The second-order valence-corrected chi connectivity index (χ2v) is 39.2. The van der Waals surface area contributed by atoms with Gasteiger partial charge in [-0.15, -0.1) is 0 Å². The van der Waals surface area contributed by atoms with E-state index in [4.69, 9.17) is 85.3 Å². The number of phenolic OH excluding ortho intramolecular Hbond substituents is 1. The summed E-state index contributed by atoms with van der Waals surface area (Å²) in [5, 5.41) is 256. The Balaban J connectivity index is 0.590. The van der Waals surface area contributed by atoms with E-state index in [1.165, 1.54) is 45.2 Å². The van der Waals surface area contributed by atoms with Crippen LogP contribution in [0.5, 0.6) is 11.5 Å². The van der Waals surface area contributed by atoms with Crippen LogP contribution in [0.25, 0.3) is 6.08 Å². The molecule has 47 unspecified atom stereocenters. The number of esters is 2. The van der Waals surface area contributed by atoms with E-state index in [1.54, 1.807) is 0 Å². The molecule has 5 aliphatic carbocycles. The molecule has 13 aliphatic rings. The number of carbonyl (C=O) groups excluding carboxylic acids is 2. The van der Waals surface area contributed by atoms with Crippen molar-refractivity contribution in [2.75, 3.05) is 53.4 Å². The first-order valence-corrected chi connectivity index (χ1v) is 44.4. The lowest BCUT2D eigenvalue weighted by Crippen LogP contribution is -2.67. The minimum atomic E-state index is -2.10. The van der Waals surface area contributed by atoms with Gasteiger partial charge in [0.2, 0.25) is 6.29 Å². The van der Waals surface area contributed by atoms with E-state index in [2.05, 4.69) is 40.7 Å². The molecule has 1 aromatic carbocycles. The first kappa shape index (κ1) is 101. The number of hydrogen-bond acceptors (Lipinski definition) is 43. The van der Waals surface area contributed by atoms with Crippen molar-refractivity contribution < 1.29 is 212 Å². The first-order valence-electron chi connectivity index (χ1n) is 44.4. The van der Waals surface area contributed by atoms with Crippen LogP contribution in [-0.4, -0.2) is 422 Å². The second kappa shape index (κ2) is 39.7. The largest absolute Gasteiger partial charge is 0.504 e. The molecule has 0 bridgehead atoms. The average Bonchev–Trinajstić information content (AvgIpc) is 0.672. The van der Waals surface area contributed by atoms with Crippen LogP contribution in [0.1, 0.15) is 125 Å². The molecule has 12 fully saturated rings. The molecule has 8 heterocycles. The molecule has 43 heteroatoms. The fourth-order valence-corrected chi connectivity index (χ4v) is 22.8. The van der Waals surface area contributed by atoms with E-state index >= 15 is 4.79 Å². The number of rotatable bonds is 25. The normalized spacial score (nSPS) is 50.7. The molecule has 129 heavy (non-hydrogen) atoms. The molecule has 14 rings (SSSR count). The molecular weight excluding hydrogens is 1720 g/mol. The summed E-state index contributed by atoms with van der Waals surface area (Å²) in [4.78, 5) is 28.1. The topological polar surface area (TPSA) is 666 Å². The molecule has 8 saturated heterocycles. The summed E-state index contributed by atoms with van der Waals surface area (Å²) >= 11 is 0. The van der Waals surface area contributed by atoms with Crippen LogP contribution in [-0.2, 0) is 90.1 Å². The molecule has 43 nitrogen and oxygen atoms in total. The summed E-state index contributed by atoms with van der Waals surface area (Å²) in [6.45, 7) is 11.2. The van der Waals surface area contributed by atoms with Gasteiger partial charge in [-0.25, -0.2) is 4.79 Å². The summed E-state index contributed by atoms with van der Waals surface area (Å²) in [5.74, 6) is -2.23. The third-order valence-electron chi connectivity index (χ3n) is 31.0. The highest BCUT2D eigenvalue weighted by atomic mass is 16.8. The van der Waals surface area contributed by atoms with Gasteiger partial charge < -0.3 is 203 Å². The van der Waals surface area contributed by atoms with Gasteiger partial charge in [0.25, 0.3) is 0 Å². The number of phenols is 1. The van der Waals surface area contributed by atoms with Gasteiger partial charge in [0.15, 0.2) is 55.5 Å². The Kier molecular flexibility index (Phi) is 31.0. The number of hydrogen-bond donors (Lipinski definition) is 23. The number of aromatic hydroxyl groups is 1. The van der Waals surface area contributed by atoms with Crippen LogP contribution in [0.4, 0.5) is 0 Å². The van der Waals surface area contributed by atoms with E-state index in [1.807, 2.05) is 6.92 Å². The number of methoxy groups -OCH3 is 1. The number of carbonyl (C=O) groups is 2. The maximum Gasteiger partial charge on any atom is 0.330 e. The second-order valence-electron chi connectivity index (χ2n) is 39.2. The van der Waals surface area contributed by atoms with Crippen LogP contribution in [0.3, 0.4) is 0 Å².